The van der Waals surface area contributed by atoms with Crippen LogP contribution >= 0.6 is 0 Å². The Bertz CT molecular complexity index is 1120. The molecule has 2 aromatic carbocycles. The van der Waals surface area contributed by atoms with Crippen molar-refractivity contribution >= 4 is 38.4 Å². The van der Waals surface area contributed by atoms with E-state index in [2.05, 4.69) is 9.71 Å². The topological polar surface area (TPSA) is 92.5 Å². The molecule has 2 heterocycles. The summed E-state index contributed by atoms with van der Waals surface area (Å²) >= 11 is 0. The number of likely N-dealkylation sites (N-methyl/N-ethyl adjacent to an activating group) is 1. The highest BCUT2D eigenvalue weighted by atomic mass is 32.2. The highest BCUT2D eigenvalue weighted by Crippen LogP contribution is 2.31. The van der Waals surface area contributed by atoms with E-state index in [0.29, 0.717) is 28.2 Å². The number of aryl methyl sites for hydroxylation is 1. The van der Waals surface area contributed by atoms with Gasteiger partial charge in [0.2, 0.25) is 5.91 Å². The van der Waals surface area contributed by atoms with Crippen LogP contribution in [-0.2, 0) is 21.2 Å². The second kappa shape index (κ2) is 5.32. The van der Waals surface area contributed by atoms with Crippen molar-refractivity contribution < 1.29 is 17.6 Å². The first-order valence-corrected chi connectivity index (χ1v) is 9.12. The lowest BCUT2D eigenvalue weighted by atomic mass is 10.2. The molecule has 3 aromatic rings. The molecule has 1 N–H and O–H groups in total. The normalized spacial score (nSPS) is 14.2. The second-order valence-corrected chi connectivity index (χ2v) is 7.59. The first-order valence-electron chi connectivity index (χ1n) is 7.63. The highest BCUT2D eigenvalue weighted by molar-refractivity contribution is 7.92. The number of fused-ring (bicyclic) bond motifs is 2. The molecule has 0 unspecified atom stereocenters. The van der Waals surface area contributed by atoms with E-state index in [1.165, 1.54) is 17.0 Å². The van der Waals surface area contributed by atoms with Crippen LogP contribution in [0.5, 0.6) is 0 Å². The van der Waals surface area contributed by atoms with Gasteiger partial charge in [0.15, 0.2) is 11.5 Å². The first kappa shape index (κ1) is 15.6. The SMILES string of the molecule is Cc1nc2cccc(NS(=O)(=O)c3ccc4c(c3)CC(=O)N4C)c2o1. The number of rotatable bonds is 3. The minimum atomic E-state index is -3.82. The maximum atomic E-state index is 12.7. The van der Waals surface area contributed by atoms with E-state index in [4.69, 9.17) is 4.42 Å². The number of anilines is 2. The van der Waals surface area contributed by atoms with Crippen molar-refractivity contribution in [3.05, 3.63) is 47.9 Å². The van der Waals surface area contributed by atoms with Crippen LogP contribution in [0.1, 0.15) is 11.5 Å². The van der Waals surface area contributed by atoms with E-state index in [0.717, 1.165) is 5.69 Å². The lowest BCUT2D eigenvalue weighted by molar-refractivity contribution is -0.117. The Balaban J connectivity index is 1.73. The van der Waals surface area contributed by atoms with E-state index in [1.807, 2.05) is 0 Å². The van der Waals surface area contributed by atoms with Crippen molar-refractivity contribution in [3.63, 3.8) is 0 Å². The highest BCUT2D eigenvalue weighted by Gasteiger charge is 2.26. The molecule has 8 heteroatoms. The molecular formula is C17H15N3O4S. The van der Waals surface area contributed by atoms with Crippen molar-refractivity contribution in [2.24, 2.45) is 0 Å². The zero-order valence-electron chi connectivity index (χ0n) is 13.6. The molecule has 128 valence electrons. The average Bonchev–Trinajstić information content (AvgIpc) is 3.07. The van der Waals surface area contributed by atoms with Crippen molar-refractivity contribution in [2.45, 2.75) is 18.2 Å². The van der Waals surface area contributed by atoms with Gasteiger partial charge in [-0.05, 0) is 35.9 Å². The van der Waals surface area contributed by atoms with Gasteiger partial charge in [-0.25, -0.2) is 13.4 Å². The van der Waals surface area contributed by atoms with Crippen LogP contribution in [0, 0.1) is 6.92 Å². The molecule has 1 aromatic heterocycles. The minimum absolute atomic E-state index is 0.0561. The number of nitrogens with one attached hydrogen (secondary N) is 1. The molecule has 0 atom stereocenters. The summed E-state index contributed by atoms with van der Waals surface area (Å²) in [6.07, 6.45) is 0.200. The van der Waals surface area contributed by atoms with E-state index >= 15 is 0 Å². The number of nitrogens with zero attached hydrogens (tertiary/aromatic N) is 2. The molecule has 4 rings (SSSR count). The number of hydrogen-bond acceptors (Lipinski definition) is 5. The second-order valence-electron chi connectivity index (χ2n) is 5.91. The summed E-state index contributed by atoms with van der Waals surface area (Å²) in [5.41, 5.74) is 2.73. The molecule has 0 saturated carbocycles. The maximum absolute atomic E-state index is 12.7. The first-order chi connectivity index (χ1) is 11.8. The predicted octanol–water partition coefficient (Wildman–Crippen LogP) is 2.46. The summed E-state index contributed by atoms with van der Waals surface area (Å²) in [6.45, 7) is 1.70. The molecule has 1 aliphatic heterocycles. The lowest BCUT2D eigenvalue weighted by Gasteiger charge is -2.12. The largest absolute Gasteiger partial charge is 0.439 e. The van der Waals surface area contributed by atoms with Crippen molar-refractivity contribution in [3.8, 4) is 0 Å². The van der Waals surface area contributed by atoms with E-state index < -0.39 is 10.0 Å². The van der Waals surface area contributed by atoms with Gasteiger partial charge in [-0.3, -0.25) is 9.52 Å². The average molecular weight is 357 g/mol. The Morgan fingerprint density at radius 2 is 2.04 bits per heavy atom. The zero-order valence-corrected chi connectivity index (χ0v) is 14.4. The van der Waals surface area contributed by atoms with Crippen molar-refractivity contribution in [2.75, 3.05) is 16.7 Å². The number of carbonyl (C=O) groups excluding carboxylic acids is 1. The Kier molecular flexibility index (Phi) is 3.33. The summed E-state index contributed by atoms with van der Waals surface area (Å²) < 4.78 is 33.5. The fourth-order valence-corrected chi connectivity index (χ4v) is 4.07. The monoisotopic (exact) mass is 357 g/mol. The van der Waals surface area contributed by atoms with Gasteiger partial charge in [0.1, 0.15) is 5.52 Å². The molecule has 0 saturated heterocycles. The number of benzene rings is 2. The summed E-state index contributed by atoms with van der Waals surface area (Å²) in [7, 11) is -2.15. The van der Waals surface area contributed by atoms with Crippen LogP contribution in [0.25, 0.3) is 11.1 Å². The van der Waals surface area contributed by atoms with Crippen LogP contribution in [0.3, 0.4) is 0 Å². The third-order valence-electron chi connectivity index (χ3n) is 4.20. The quantitative estimate of drug-likeness (QED) is 0.777. The van der Waals surface area contributed by atoms with E-state index in [-0.39, 0.29) is 17.2 Å². The molecule has 1 aliphatic rings. The standard InChI is InChI=1S/C17H15N3O4S/c1-10-18-13-4-3-5-14(17(13)24-10)19-25(22,23)12-6-7-15-11(8-12)9-16(21)20(15)2/h3-8,19H,9H2,1-2H3. The number of para-hydroxylation sites is 1. The van der Waals surface area contributed by atoms with E-state index in [9.17, 15) is 13.2 Å². The van der Waals surface area contributed by atoms with Gasteiger partial charge in [-0.1, -0.05) is 6.07 Å². The number of carbonyl (C=O) groups is 1. The number of amides is 1. The number of oxazole rings is 1. The van der Waals surface area contributed by atoms with Crippen LogP contribution in [0.15, 0.2) is 45.7 Å². The molecule has 25 heavy (non-hydrogen) atoms. The smallest absolute Gasteiger partial charge is 0.262 e. The summed E-state index contributed by atoms with van der Waals surface area (Å²) in [5, 5.41) is 0. The maximum Gasteiger partial charge on any atom is 0.262 e. The number of sulfonamides is 1. The summed E-state index contributed by atoms with van der Waals surface area (Å²) in [4.78, 5) is 17.6. The predicted molar refractivity (Wildman–Crippen MR) is 93.1 cm³/mol. The van der Waals surface area contributed by atoms with Crippen LogP contribution in [-0.4, -0.2) is 26.4 Å². The van der Waals surface area contributed by atoms with Gasteiger partial charge in [0.25, 0.3) is 10.0 Å². The minimum Gasteiger partial charge on any atom is -0.439 e. The van der Waals surface area contributed by atoms with Crippen LogP contribution in [0.2, 0.25) is 0 Å². The van der Waals surface area contributed by atoms with Crippen LogP contribution < -0.4 is 9.62 Å². The van der Waals surface area contributed by atoms with Gasteiger partial charge >= 0.3 is 0 Å². The van der Waals surface area contributed by atoms with Gasteiger partial charge in [0.05, 0.1) is 17.0 Å². The molecular weight excluding hydrogens is 342 g/mol. The Hall–Kier alpha value is -2.87. The lowest BCUT2D eigenvalue weighted by Crippen LogP contribution is -2.20. The van der Waals surface area contributed by atoms with Gasteiger partial charge in [0, 0.05) is 19.7 Å². The van der Waals surface area contributed by atoms with Crippen molar-refractivity contribution in [1.29, 1.82) is 0 Å². The molecule has 0 bridgehead atoms. The van der Waals surface area contributed by atoms with Gasteiger partial charge < -0.3 is 9.32 Å². The fourth-order valence-electron chi connectivity index (χ4n) is 2.96. The summed E-state index contributed by atoms with van der Waals surface area (Å²) in [6, 6.07) is 9.75. The number of hydrogen-bond donors (Lipinski definition) is 1. The zero-order chi connectivity index (χ0) is 17.8. The molecule has 0 fully saturated rings. The van der Waals surface area contributed by atoms with Gasteiger partial charge in [-0.2, -0.15) is 0 Å². The van der Waals surface area contributed by atoms with E-state index in [1.54, 1.807) is 38.2 Å². The molecule has 7 nitrogen and oxygen atoms in total. The van der Waals surface area contributed by atoms with Gasteiger partial charge in [-0.15, -0.1) is 0 Å². The number of aromatic nitrogens is 1. The Labute approximate surface area is 144 Å². The fraction of sp³-hybridized carbons (Fsp3) is 0.176. The van der Waals surface area contributed by atoms with Crippen LogP contribution in [0.4, 0.5) is 11.4 Å². The Morgan fingerprint density at radius 1 is 1.24 bits per heavy atom. The third-order valence-corrected chi connectivity index (χ3v) is 5.57. The van der Waals surface area contributed by atoms with Crippen molar-refractivity contribution in [1.82, 2.24) is 4.98 Å². The summed E-state index contributed by atoms with van der Waals surface area (Å²) in [5.74, 6) is 0.403. The molecule has 0 spiro atoms. The Morgan fingerprint density at radius 3 is 2.84 bits per heavy atom. The molecule has 1 amide bonds. The third kappa shape index (κ3) is 2.54. The molecule has 0 radical (unpaired) electrons. The molecule has 0 aliphatic carbocycles.